The van der Waals surface area contributed by atoms with Crippen LogP contribution < -0.4 is 4.74 Å². The molecule has 1 N–H and O–H groups in total. The van der Waals surface area contributed by atoms with Crippen molar-refractivity contribution in [3.05, 3.63) is 29.8 Å². The van der Waals surface area contributed by atoms with Gasteiger partial charge in [0, 0.05) is 32.5 Å². The van der Waals surface area contributed by atoms with Crippen LogP contribution in [0.3, 0.4) is 0 Å². The first kappa shape index (κ1) is 18.5. The number of likely N-dealkylation sites (tertiary alicyclic amines) is 1. The zero-order valence-corrected chi connectivity index (χ0v) is 15.5. The Labute approximate surface area is 154 Å². The molecule has 1 fully saturated rings. The summed E-state index contributed by atoms with van der Waals surface area (Å²) in [6.07, 6.45) is 1.17. The first-order valence-corrected chi connectivity index (χ1v) is 9.10. The lowest BCUT2D eigenvalue weighted by molar-refractivity contribution is -0.0119. The second kappa shape index (κ2) is 7.53. The molecule has 3 rings (SSSR count). The van der Waals surface area contributed by atoms with Crippen LogP contribution >= 0.6 is 0 Å². The number of piperidine rings is 1. The number of benzene rings is 1. The maximum Gasteiger partial charge on any atom is 0.407 e. The molecule has 26 heavy (non-hydrogen) atoms. The van der Waals surface area contributed by atoms with Gasteiger partial charge < -0.3 is 24.5 Å². The van der Waals surface area contributed by atoms with Crippen molar-refractivity contribution in [1.29, 1.82) is 0 Å². The predicted octanol–water partition coefficient (Wildman–Crippen LogP) is 1.99. The number of carbonyl (C=O) groups is 2. The second-order valence-corrected chi connectivity index (χ2v) is 7.43. The van der Waals surface area contributed by atoms with E-state index in [1.54, 1.807) is 0 Å². The van der Waals surface area contributed by atoms with Gasteiger partial charge in [-0.25, -0.2) is 4.79 Å². The lowest BCUT2D eigenvalue weighted by Crippen LogP contribution is -2.55. The molecule has 1 aromatic carbocycles. The van der Waals surface area contributed by atoms with Gasteiger partial charge in [-0.05, 0) is 39.2 Å². The van der Waals surface area contributed by atoms with Gasteiger partial charge in [-0.3, -0.25) is 4.79 Å². The van der Waals surface area contributed by atoms with Gasteiger partial charge in [-0.15, -0.1) is 0 Å². The highest BCUT2D eigenvalue weighted by molar-refractivity contribution is 5.97. The number of ether oxygens (including phenoxy) is 1. The van der Waals surface area contributed by atoms with Gasteiger partial charge in [0.2, 0.25) is 0 Å². The molecule has 1 spiro atoms. The summed E-state index contributed by atoms with van der Waals surface area (Å²) in [6.45, 7) is 2.93. The number of carboxylic acid groups (broad SMARTS) is 1. The topological polar surface area (TPSA) is 73.3 Å². The molecule has 2 amide bonds. The van der Waals surface area contributed by atoms with Crippen molar-refractivity contribution in [2.45, 2.75) is 24.9 Å². The van der Waals surface area contributed by atoms with Crippen molar-refractivity contribution in [1.82, 2.24) is 14.7 Å². The van der Waals surface area contributed by atoms with E-state index in [-0.39, 0.29) is 5.91 Å². The minimum absolute atomic E-state index is 0.00287. The molecule has 2 heterocycles. The number of rotatable bonds is 4. The molecule has 1 saturated heterocycles. The molecular weight excluding hydrogens is 334 g/mol. The van der Waals surface area contributed by atoms with Crippen LogP contribution in [0.5, 0.6) is 5.75 Å². The molecule has 2 aliphatic rings. The molecule has 0 atom stereocenters. The van der Waals surface area contributed by atoms with Crippen LogP contribution in [0, 0.1) is 0 Å². The van der Waals surface area contributed by atoms with Crippen LogP contribution in [0.2, 0.25) is 0 Å². The molecular formula is C19H27N3O4. The van der Waals surface area contributed by atoms with Crippen molar-refractivity contribution < 1.29 is 19.4 Å². The highest BCUT2D eigenvalue weighted by atomic mass is 16.5. The molecule has 0 radical (unpaired) electrons. The highest BCUT2D eigenvalue weighted by Crippen LogP contribution is 2.35. The van der Waals surface area contributed by atoms with E-state index < -0.39 is 11.7 Å². The molecule has 1 aromatic rings. The van der Waals surface area contributed by atoms with Gasteiger partial charge in [0.25, 0.3) is 5.91 Å². The van der Waals surface area contributed by atoms with E-state index in [4.69, 9.17) is 4.74 Å². The fraction of sp³-hybridized carbons (Fsp3) is 0.579. The molecule has 0 unspecified atom stereocenters. The van der Waals surface area contributed by atoms with E-state index in [1.807, 2.05) is 43.3 Å². The van der Waals surface area contributed by atoms with Gasteiger partial charge >= 0.3 is 6.09 Å². The maximum absolute atomic E-state index is 13.0. The Balaban J connectivity index is 1.83. The van der Waals surface area contributed by atoms with Gasteiger partial charge in [0.05, 0.1) is 12.1 Å². The highest BCUT2D eigenvalue weighted by Gasteiger charge is 2.43. The number of amides is 2. The third-order valence-corrected chi connectivity index (χ3v) is 5.19. The SMILES string of the molecule is CN(C)CCCN1CC2(CCN(C(=O)O)CC2)Oc2ccccc2C1=O. The van der Waals surface area contributed by atoms with Crippen molar-refractivity contribution >= 4 is 12.0 Å². The smallest absolute Gasteiger partial charge is 0.407 e. The van der Waals surface area contributed by atoms with E-state index in [1.165, 1.54) is 4.90 Å². The summed E-state index contributed by atoms with van der Waals surface area (Å²) in [7, 11) is 4.04. The molecule has 142 valence electrons. The molecule has 7 heteroatoms. The van der Waals surface area contributed by atoms with E-state index in [0.29, 0.717) is 50.3 Å². The Morgan fingerprint density at radius 2 is 1.96 bits per heavy atom. The standard InChI is InChI=1S/C19H27N3O4/c1-20(2)10-5-11-22-14-19(8-12-21(13-9-19)18(24)25)26-16-7-4-3-6-15(16)17(22)23/h3-4,6-7H,5,8-14H2,1-2H3,(H,24,25). The fourth-order valence-corrected chi connectivity index (χ4v) is 3.71. The minimum Gasteiger partial charge on any atom is -0.484 e. The van der Waals surface area contributed by atoms with Crippen molar-refractivity contribution in [3.8, 4) is 5.75 Å². The average molecular weight is 361 g/mol. The molecule has 0 aliphatic carbocycles. The van der Waals surface area contributed by atoms with Gasteiger partial charge in [-0.1, -0.05) is 12.1 Å². The summed E-state index contributed by atoms with van der Waals surface area (Å²) in [6, 6.07) is 7.36. The van der Waals surface area contributed by atoms with Crippen molar-refractivity contribution in [2.24, 2.45) is 0 Å². The van der Waals surface area contributed by atoms with E-state index in [0.717, 1.165) is 13.0 Å². The quantitative estimate of drug-likeness (QED) is 0.888. The number of para-hydroxylation sites is 1. The first-order chi connectivity index (χ1) is 12.4. The number of hydrogen-bond acceptors (Lipinski definition) is 4. The van der Waals surface area contributed by atoms with Crippen LogP contribution in [0.4, 0.5) is 4.79 Å². The first-order valence-electron chi connectivity index (χ1n) is 9.10. The largest absolute Gasteiger partial charge is 0.484 e. The Morgan fingerprint density at radius 3 is 2.62 bits per heavy atom. The summed E-state index contributed by atoms with van der Waals surface area (Å²) >= 11 is 0. The van der Waals surface area contributed by atoms with Crippen LogP contribution in [0.25, 0.3) is 0 Å². The number of nitrogens with zero attached hydrogens (tertiary/aromatic N) is 3. The summed E-state index contributed by atoms with van der Waals surface area (Å²) in [5.41, 5.74) is 0.0710. The summed E-state index contributed by atoms with van der Waals surface area (Å²) in [4.78, 5) is 29.7. The van der Waals surface area contributed by atoms with E-state index in [2.05, 4.69) is 4.90 Å². The maximum atomic E-state index is 13.0. The number of fused-ring (bicyclic) bond motifs is 1. The molecule has 0 bridgehead atoms. The molecule has 0 aromatic heterocycles. The number of carbonyl (C=O) groups excluding carboxylic acids is 1. The number of hydrogen-bond donors (Lipinski definition) is 1. The molecule has 2 aliphatic heterocycles. The fourth-order valence-electron chi connectivity index (χ4n) is 3.71. The minimum atomic E-state index is -0.896. The Hall–Kier alpha value is -2.28. The lowest BCUT2D eigenvalue weighted by atomic mass is 9.90. The predicted molar refractivity (Wildman–Crippen MR) is 97.7 cm³/mol. The normalized spacial score (nSPS) is 19.3. The summed E-state index contributed by atoms with van der Waals surface area (Å²) in [5, 5.41) is 9.22. The van der Waals surface area contributed by atoms with Gasteiger partial charge in [-0.2, -0.15) is 0 Å². The van der Waals surface area contributed by atoms with Crippen molar-refractivity contribution in [2.75, 3.05) is 46.8 Å². The third kappa shape index (κ3) is 3.93. The van der Waals surface area contributed by atoms with Crippen LogP contribution in [-0.4, -0.2) is 84.2 Å². The van der Waals surface area contributed by atoms with Gasteiger partial charge in [0.15, 0.2) is 0 Å². The zero-order valence-electron chi connectivity index (χ0n) is 15.5. The molecule has 0 saturated carbocycles. The van der Waals surface area contributed by atoms with Crippen LogP contribution in [0.15, 0.2) is 24.3 Å². The zero-order chi connectivity index (χ0) is 18.7. The monoisotopic (exact) mass is 361 g/mol. The summed E-state index contributed by atoms with van der Waals surface area (Å²) < 4.78 is 6.35. The third-order valence-electron chi connectivity index (χ3n) is 5.19. The lowest BCUT2D eigenvalue weighted by Gasteiger charge is -2.42. The second-order valence-electron chi connectivity index (χ2n) is 7.43. The Morgan fingerprint density at radius 1 is 1.27 bits per heavy atom. The van der Waals surface area contributed by atoms with Crippen LogP contribution in [0.1, 0.15) is 29.6 Å². The Kier molecular flexibility index (Phi) is 5.36. The van der Waals surface area contributed by atoms with E-state index in [9.17, 15) is 14.7 Å². The Bertz CT molecular complexity index is 669. The van der Waals surface area contributed by atoms with Crippen molar-refractivity contribution in [3.63, 3.8) is 0 Å². The van der Waals surface area contributed by atoms with Gasteiger partial charge in [0.1, 0.15) is 11.4 Å². The average Bonchev–Trinajstić information content (AvgIpc) is 2.71. The molecule has 7 nitrogen and oxygen atoms in total. The van der Waals surface area contributed by atoms with E-state index >= 15 is 0 Å². The summed E-state index contributed by atoms with van der Waals surface area (Å²) in [5.74, 6) is 0.605. The van der Waals surface area contributed by atoms with Crippen LogP contribution in [-0.2, 0) is 0 Å².